The SMILES string of the molecule is CCOC(=O)C1CCCCN1CC(C)(C)O. The first kappa shape index (κ1) is 13.5. The molecule has 0 spiro atoms. The van der Waals surface area contributed by atoms with Gasteiger partial charge >= 0.3 is 5.97 Å². The summed E-state index contributed by atoms with van der Waals surface area (Å²) in [6, 6.07) is -0.167. The molecule has 1 aliphatic rings. The summed E-state index contributed by atoms with van der Waals surface area (Å²) in [5.74, 6) is -0.147. The molecule has 1 atom stereocenters. The third kappa shape index (κ3) is 4.10. The summed E-state index contributed by atoms with van der Waals surface area (Å²) >= 11 is 0. The standard InChI is InChI=1S/C12H23NO3/c1-4-16-11(14)10-7-5-6-8-13(10)9-12(2,3)15/h10,15H,4-9H2,1-3H3. The van der Waals surface area contributed by atoms with E-state index in [4.69, 9.17) is 4.74 Å². The first-order valence-corrected chi connectivity index (χ1v) is 6.07. The molecule has 1 rings (SSSR count). The van der Waals surface area contributed by atoms with E-state index in [0.29, 0.717) is 13.2 Å². The van der Waals surface area contributed by atoms with E-state index in [1.165, 1.54) is 0 Å². The van der Waals surface area contributed by atoms with Crippen LogP contribution in [0.3, 0.4) is 0 Å². The molecule has 94 valence electrons. The number of hydrogen-bond donors (Lipinski definition) is 1. The van der Waals surface area contributed by atoms with Crippen LogP contribution in [0.15, 0.2) is 0 Å². The molecule has 1 saturated heterocycles. The molecule has 0 aromatic rings. The van der Waals surface area contributed by atoms with Gasteiger partial charge in [-0.3, -0.25) is 9.69 Å². The highest BCUT2D eigenvalue weighted by Gasteiger charge is 2.32. The van der Waals surface area contributed by atoms with Gasteiger partial charge in [-0.2, -0.15) is 0 Å². The summed E-state index contributed by atoms with van der Waals surface area (Å²) in [5, 5.41) is 9.81. The summed E-state index contributed by atoms with van der Waals surface area (Å²) in [6.07, 6.45) is 2.99. The van der Waals surface area contributed by atoms with E-state index in [0.717, 1.165) is 25.8 Å². The Bertz CT molecular complexity index is 235. The molecule has 0 saturated carbocycles. The van der Waals surface area contributed by atoms with E-state index in [2.05, 4.69) is 0 Å². The molecule has 1 heterocycles. The zero-order chi connectivity index (χ0) is 12.2. The molecule has 0 aromatic carbocycles. The van der Waals surface area contributed by atoms with Crippen molar-refractivity contribution in [3.63, 3.8) is 0 Å². The quantitative estimate of drug-likeness (QED) is 0.735. The van der Waals surface area contributed by atoms with Gasteiger partial charge in [0.2, 0.25) is 0 Å². The molecular weight excluding hydrogens is 206 g/mol. The number of nitrogens with zero attached hydrogens (tertiary/aromatic N) is 1. The van der Waals surface area contributed by atoms with Gasteiger partial charge in [-0.1, -0.05) is 6.42 Å². The molecule has 0 aromatic heterocycles. The van der Waals surface area contributed by atoms with Crippen molar-refractivity contribution in [1.82, 2.24) is 4.90 Å². The Balaban J connectivity index is 2.60. The predicted molar refractivity (Wildman–Crippen MR) is 62.1 cm³/mol. The van der Waals surface area contributed by atoms with E-state index < -0.39 is 5.60 Å². The molecule has 0 aliphatic carbocycles. The average Bonchev–Trinajstić information content (AvgIpc) is 2.16. The zero-order valence-corrected chi connectivity index (χ0v) is 10.5. The van der Waals surface area contributed by atoms with Gasteiger partial charge in [0.05, 0.1) is 12.2 Å². The summed E-state index contributed by atoms with van der Waals surface area (Å²) in [7, 11) is 0. The lowest BCUT2D eigenvalue weighted by Crippen LogP contribution is -2.50. The lowest BCUT2D eigenvalue weighted by molar-refractivity contribution is -0.152. The summed E-state index contributed by atoms with van der Waals surface area (Å²) < 4.78 is 5.06. The number of piperidine rings is 1. The second kappa shape index (κ2) is 5.64. The topological polar surface area (TPSA) is 49.8 Å². The fourth-order valence-corrected chi connectivity index (χ4v) is 2.18. The Morgan fingerprint density at radius 2 is 2.19 bits per heavy atom. The predicted octanol–water partition coefficient (Wildman–Crippen LogP) is 1.17. The van der Waals surface area contributed by atoms with Crippen molar-refractivity contribution in [2.45, 2.75) is 51.7 Å². The number of ether oxygens (including phenoxy) is 1. The summed E-state index contributed by atoms with van der Waals surface area (Å²) in [4.78, 5) is 13.8. The van der Waals surface area contributed by atoms with Crippen LogP contribution < -0.4 is 0 Å². The summed E-state index contributed by atoms with van der Waals surface area (Å²) in [6.45, 7) is 7.17. The van der Waals surface area contributed by atoms with Crippen LogP contribution in [0.2, 0.25) is 0 Å². The smallest absolute Gasteiger partial charge is 0.323 e. The Morgan fingerprint density at radius 1 is 1.50 bits per heavy atom. The van der Waals surface area contributed by atoms with E-state index in [1.807, 2.05) is 11.8 Å². The number of carbonyl (C=O) groups excluding carboxylic acids is 1. The van der Waals surface area contributed by atoms with E-state index in [1.54, 1.807) is 13.8 Å². The number of likely N-dealkylation sites (tertiary alicyclic amines) is 1. The molecule has 1 unspecified atom stereocenters. The maximum absolute atomic E-state index is 11.7. The average molecular weight is 229 g/mol. The van der Waals surface area contributed by atoms with Gasteiger partial charge in [0.1, 0.15) is 6.04 Å². The molecule has 16 heavy (non-hydrogen) atoms. The van der Waals surface area contributed by atoms with Crippen LogP contribution in [0, 0.1) is 0 Å². The Labute approximate surface area is 97.6 Å². The summed E-state index contributed by atoms with van der Waals surface area (Å²) in [5.41, 5.74) is -0.762. The van der Waals surface area contributed by atoms with E-state index >= 15 is 0 Å². The van der Waals surface area contributed by atoms with Crippen molar-refractivity contribution in [2.24, 2.45) is 0 Å². The first-order valence-electron chi connectivity index (χ1n) is 6.07. The minimum atomic E-state index is -0.762. The number of esters is 1. The highest BCUT2D eigenvalue weighted by molar-refractivity contribution is 5.75. The van der Waals surface area contributed by atoms with Gasteiger partial charge in [-0.25, -0.2) is 0 Å². The molecular formula is C12H23NO3. The van der Waals surface area contributed by atoms with Gasteiger partial charge in [0, 0.05) is 6.54 Å². The van der Waals surface area contributed by atoms with Crippen LogP contribution in [0.25, 0.3) is 0 Å². The molecule has 4 heteroatoms. The number of carbonyl (C=O) groups is 1. The van der Waals surface area contributed by atoms with Crippen molar-refractivity contribution in [3.8, 4) is 0 Å². The maximum atomic E-state index is 11.7. The van der Waals surface area contributed by atoms with Crippen LogP contribution in [0.5, 0.6) is 0 Å². The van der Waals surface area contributed by atoms with Crippen molar-refractivity contribution >= 4 is 5.97 Å². The minimum Gasteiger partial charge on any atom is -0.465 e. The number of β-amino-alcohol motifs (C(OH)–C–C–N with tert-alkyl or cyclic N) is 1. The van der Waals surface area contributed by atoms with Crippen LogP contribution >= 0.6 is 0 Å². The van der Waals surface area contributed by atoms with Crippen molar-refractivity contribution in [1.29, 1.82) is 0 Å². The number of aliphatic hydroxyl groups is 1. The fourth-order valence-electron chi connectivity index (χ4n) is 2.18. The van der Waals surface area contributed by atoms with Gasteiger partial charge < -0.3 is 9.84 Å². The molecule has 1 fully saturated rings. The van der Waals surface area contributed by atoms with Crippen molar-refractivity contribution in [2.75, 3.05) is 19.7 Å². The van der Waals surface area contributed by atoms with Crippen molar-refractivity contribution in [3.05, 3.63) is 0 Å². The molecule has 1 N–H and O–H groups in total. The highest BCUT2D eigenvalue weighted by Crippen LogP contribution is 2.20. The van der Waals surface area contributed by atoms with E-state index in [9.17, 15) is 9.90 Å². The lowest BCUT2D eigenvalue weighted by atomic mass is 9.99. The molecule has 0 radical (unpaired) electrons. The van der Waals surface area contributed by atoms with Crippen LogP contribution in [0.4, 0.5) is 0 Å². The molecule has 0 bridgehead atoms. The lowest BCUT2D eigenvalue weighted by Gasteiger charge is -2.37. The minimum absolute atomic E-state index is 0.147. The largest absolute Gasteiger partial charge is 0.465 e. The maximum Gasteiger partial charge on any atom is 0.323 e. The number of rotatable bonds is 4. The Kier molecular flexibility index (Phi) is 4.74. The van der Waals surface area contributed by atoms with Gasteiger partial charge in [0.15, 0.2) is 0 Å². The van der Waals surface area contributed by atoms with Gasteiger partial charge in [-0.05, 0) is 40.2 Å². The second-order valence-electron chi connectivity index (χ2n) is 5.05. The zero-order valence-electron chi connectivity index (χ0n) is 10.5. The fraction of sp³-hybridized carbons (Fsp3) is 0.917. The van der Waals surface area contributed by atoms with Crippen LogP contribution in [0.1, 0.15) is 40.0 Å². The third-order valence-corrected chi connectivity index (χ3v) is 2.76. The van der Waals surface area contributed by atoms with Crippen LogP contribution in [-0.4, -0.2) is 47.3 Å². The van der Waals surface area contributed by atoms with Gasteiger partial charge in [0.25, 0.3) is 0 Å². The highest BCUT2D eigenvalue weighted by atomic mass is 16.5. The van der Waals surface area contributed by atoms with E-state index in [-0.39, 0.29) is 12.0 Å². The molecule has 1 aliphatic heterocycles. The second-order valence-corrected chi connectivity index (χ2v) is 5.05. The molecule has 4 nitrogen and oxygen atoms in total. The Hall–Kier alpha value is -0.610. The van der Waals surface area contributed by atoms with Gasteiger partial charge in [-0.15, -0.1) is 0 Å². The third-order valence-electron chi connectivity index (χ3n) is 2.76. The normalized spacial score (nSPS) is 23.1. The van der Waals surface area contributed by atoms with Crippen LogP contribution in [-0.2, 0) is 9.53 Å². The number of hydrogen-bond acceptors (Lipinski definition) is 4. The molecule has 0 amide bonds. The first-order chi connectivity index (χ1) is 7.44. The monoisotopic (exact) mass is 229 g/mol. The Morgan fingerprint density at radius 3 is 2.75 bits per heavy atom. The van der Waals surface area contributed by atoms with Crippen molar-refractivity contribution < 1.29 is 14.6 Å².